The second-order valence-corrected chi connectivity index (χ2v) is 7.60. The van der Waals surface area contributed by atoms with Gasteiger partial charge in [-0.05, 0) is 36.8 Å². The maximum absolute atomic E-state index is 13.7. The number of aryl methyl sites for hydroxylation is 1. The first-order valence-corrected chi connectivity index (χ1v) is 9.91. The van der Waals surface area contributed by atoms with E-state index in [0.717, 1.165) is 40.1 Å². The Morgan fingerprint density at radius 3 is 2.93 bits per heavy atom. The Bertz CT molecular complexity index is 1410. The summed E-state index contributed by atoms with van der Waals surface area (Å²) in [7, 11) is 0. The van der Waals surface area contributed by atoms with Gasteiger partial charge in [0, 0.05) is 31.1 Å². The smallest absolute Gasteiger partial charge is 0.258 e. The van der Waals surface area contributed by atoms with E-state index in [-0.39, 0.29) is 11.9 Å². The van der Waals surface area contributed by atoms with Crippen LogP contribution in [0.25, 0.3) is 11.0 Å². The van der Waals surface area contributed by atoms with Gasteiger partial charge in [-0.2, -0.15) is 10.2 Å². The number of H-pyrrole nitrogens is 1. The summed E-state index contributed by atoms with van der Waals surface area (Å²) < 4.78 is 3.59. The van der Waals surface area contributed by atoms with Crippen molar-refractivity contribution >= 4 is 16.9 Å². The van der Waals surface area contributed by atoms with E-state index in [2.05, 4.69) is 34.1 Å². The Kier molecular flexibility index (Phi) is 3.55. The zero-order valence-electron chi connectivity index (χ0n) is 16.4. The highest BCUT2D eigenvalue weighted by Crippen LogP contribution is 2.35. The summed E-state index contributed by atoms with van der Waals surface area (Å²) in [4.78, 5) is 23.3. The van der Waals surface area contributed by atoms with Gasteiger partial charge in [-0.15, -0.1) is 0 Å². The molecule has 30 heavy (non-hydrogen) atoms. The first-order chi connectivity index (χ1) is 14.7. The molecule has 5 aromatic rings. The first-order valence-electron chi connectivity index (χ1n) is 9.91. The van der Waals surface area contributed by atoms with Gasteiger partial charge >= 0.3 is 0 Å². The number of rotatable bonds is 2. The van der Waals surface area contributed by atoms with Crippen molar-refractivity contribution in [1.29, 1.82) is 0 Å². The molecule has 148 valence electrons. The monoisotopic (exact) mass is 397 g/mol. The minimum Gasteiger partial charge on any atom is -0.348 e. The van der Waals surface area contributed by atoms with Crippen molar-refractivity contribution in [2.45, 2.75) is 19.4 Å². The molecule has 1 N–H and O–H groups in total. The van der Waals surface area contributed by atoms with Gasteiger partial charge in [0.15, 0.2) is 0 Å². The quantitative estimate of drug-likeness (QED) is 0.496. The molecule has 8 nitrogen and oxygen atoms in total. The number of hydrogen-bond donors (Lipinski definition) is 1. The fourth-order valence-electron chi connectivity index (χ4n) is 4.36. The molecule has 6 rings (SSSR count). The summed E-state index contributed by atoms with van der Waals surface area (Å²) in [6.45, 7) is 2.64. The van der Waals surface area contributed by atoms with E-state index in [1.165, 1.54) is 0 Å². The largest absolute Gasteiger partial charge is 0.348 e. The zero-order chi connectivity index (χ0) is 20.2. The van der Waals surface area contributed by atoms with Crippen LogP contribution in [0.1, 0.15) is 39.0 Å². The minimum absolute atomic E-state index is 0.0661. The van der Waals surface area contributed by atoms with Crippen LogP contribution < -0.4 is 0 Å². The normalized spacial score (nSPS) is 16.3. The lowest BCUT2D eigenvalue weighted by Crippen LogP contribution is -2.41. The van der Waals surface area contributed by atoms with E-state index in [1.807, 2.05) is 46.1 Å². The molecular formula is C22H19N7O. The second kappa shape index (κ2) is 6.28. The Hall–Kier alpha value is -3.94. The highest BCUT2D eigenvalue weighted by molar-refractivity contribution is 6.01. The van der Waals surface area contributed by atoms with Gasteiger partial charge in [0.25, 0.3) is 5.91 Å². The molecule has 0 saturated heterocycles. The van der Waals surface area contributed by atoms with Crippen LogP contribution in [0.2, 0.25) is 0 Å². The van der Waals surface area contributed by atoms with Crippen molar-refractivity contribution < 1.29 is 4.79 Å². The van der Waals surface area contributed by atoms with Crippen LogP contribution in [0, 0.1) is 6.92 Å². The predicted octanol–water partition coefficient (Wildman–Crippen LogP) is 2.80. The summed E-state index contributed by atoms with van der Waals surface area (Å²) in [5, 5.41) is 9.14. The zero-order valence-corrected chi connectivity index (χ0v) is 16.4. The molecule has 0 fully saturated rings. The number of aromatic amines is 1. The average Bonchev–Trinajstić information content (AvgIpc) is 3.50. The molecule has 0 bridgehead atoms. The molecule has 0 radical (unpaired) electrons. The van der Waals surface area contributed by atoms with Crippen LogP contribution in [-0.4, -0.2) is 46.5 Å². The number of aromatic nitrogens is 6. The molecular weight excluding hydrogens is 378 g/mol. The number of hydrogen-bond acceptors (Lipinski definition) is 4. The first kappa shape index (κ1) is 17.0. The Morgan fingerprint density at radius 2 is 2.03 bits per heavy atom. The third kappa shape index (κ3) is 2.40. The van der Waals surface area contributed by atoms with Crippen LogP contribution in [0.15, 0.2) is 61.3 Å². The predicted molar refractivity (Wildman–Crippen MR) is 110 cm³/mol. The van der Waals surface area contributed by atoms with Gasteiger partial charge in [0.05, 0.1) is 40.5 Å². The van der Waals surface area contributed by atoms with Gasteiger partial charge in [-0.25, -0.2) is 14.0 Å². The van der Waals surface area contributed by atoms with Crippen LogP contribution in [0.5, 0.6) is 0 Å². The molecule has 1 atom stereocenters. The molecule has 0 saturated carbocycles. The van der Waals surface area contributed by atoms with Gasteiger partial charge in [0.1, 0.15) is 6.04 Å². The van der Waals surface area contributed by atoms with Crippen molar-refractivity contribution in [3.05, 3.63) is 89.5 Å². The minimum atomic E-state index is -0.356. The number of imidazole rings is 1. The number of carbonyl (C=O) groups is 1. The maximum Gasteiger partial charge on any atom is 0.258 e. The Labute approximate surface area is 171 Å². The number of amides is 1. The third-order valence-corrected chi connectivity index (χ3v) is 5.86. The summed E-state index contributed by atoms with van der Waals surface area (Å²) in [5.74, 6) is -0.0661. The Morgan fingerprint density at radius 1 is 1.13 bits per heavy atom. The van der Waals surface area contributed by atoms with Crippen molar-refractivity contribution in [2.24, 2.45) is 0 Å². The van der Waals surface area contributed by atoms with Gasteiger partial charge in [-0.3, -0.25) is 4.79 Å². The van der Waals surface area contributed by atoms with E-state index in [9.17, 15) is 4.79 Å². The molecule has 0 aliphatic carbocycles. The van der Waals surface area contributed by atoms with E-state index in [0.29, 0.717) is 12.1 Å². The molecule has 6 heterocycles. The molecule has 1 aliphatic heterocycles. The van der Waals surface area contributed by atoms with Gasteiger partial charge < -0.3 is 9.88 Å². The summed E-state index contributed by atoms with van der Waals surface area (Å²) in [6, 6.07) is 11.5. The molecule has 0 unspecified atom stereocenters. The van der Waals surface area contributed by atoms with Crippen LogP contribution in [-0.2, 0) is 6.42 Å². The fraction of sp³-hybridized carbons (Fsp3) is 0.182. The van der Waals surface area contributed by atoms with Crippen LogP contribution in [0.4, 0.5) is 0 Å². The molecule has 8 heteroatoms. The highest BCUT2D eigenvalue weighted by atomic mass is 16.2. The second-order valence-electron chi connectivity index (χ2n) is 7.60. The van der Waals surface area contributed by atoms with Crippen LogP contribution in [0.3, 0.4) is 0 Å². The summed E-state index contributed by atoms with van der Waals surface area (Å²) in [5.41, 5.74) is 6.25. The number of fused-ring (bicyclic) bond motifs is 3. The number of nitrogens with zero attached hydrogens (tertiary/aromatic N) is 6. The molecule has 0 aromatic carbocycles. The summed E-state index contributed by atoms with van der Waals surface area (Å²) >= 11 is 0. The SMILES string of the molecule is Cc1cccn2nc([C@@H]3c4nc[nH]c4CCN3C(=O)c3cnn4ccccc34)cc12. The van der Waals surface area contributed by atoms with E-state index < -0.39 is 0 Å². The summed E-state index contributed by atoms with van der Waals surface area (Å²) in [6.07, 6.45) is 7.84. The number of carbonyl (C=O) groups excluding carboxylic acids is 1. The average molecular weight is 397 g/mol. The van der Waals surface area contributed by atoms with Crippen molar-refractivity contribution in [2.75, 3.05) is 6.54 Å². The van der Waals surface area contributed by atoms with E-state index in [1.54, 1.807) is 17.0 Å². The van der Waals surface area contributed by atoms with Gasteiger partial charge in [0.2, 0.25) is 0 Å². The lowest BCUT2D eigenvalue weighted by molar-refractivity contribution is 0.0689. The lowest BCUT2D eigenvalue weighted by Gasteiger charge is -2.33. The van der Waals surface area contributed by atoms with Crippen molar-refractivity contribution in [1.82, 2.24) is 34.1 Å². The molecule has 5 aromatic heterocycles. The fourth-order valence-corrected chi connectivity index (χ4v) is 4.36. The Balaban J connectivity index is 1.50. The number of nitrogens with one attached hydrogen (secondary N) is 1. The van der Waals surface area contributed by atoms with Crippen molar-refractivity contribution in [3.8, 4) is 0 Å². The van der Waals surface area contributed by atoms with Gasteiger partial charge in [-0.1, -0.05) is 12.1 Å². The standard InChI is InChI=1S/C22H19N7O/c1-14-5-4-9-29-19(14)11-17(26-29)21-20-16(23-13-24-20)7-10-27(21)22(30)15-12-25-28-8-3-2-6-18(15)28/h2-6,8-9,11-13,21H,7,10H2,1H3,(H,23,24)/t21-/m1/s1. The maximum atomic E-state index is 13.7. The lowest BCUT2D eigenvalue weighted by atomic mass is 9.98. The van der Waals surface area contributed by atoms with E-state index >= 15 is 0 Å². The number of pyridine rings is 2. The molecule has 0 spiro atoms. The van der Waals surface area contributed by atoms with E-state index in [4.69, 9.17) is 5.10 Å². The molecule has 1 aliphatic rings. The third-order valence-electron chi connectivity index (χ3n) is 5.86. The molecule has 1 amide bonds. The van der Waals surface area contributed by atoms with Crippen molar-refractivity contribution in [3.63, 3.8) is 0 Å². The highest BCUT2D eigenvalue weighted by Gasteiger charge is 2.37. The van der Waals surface area contributed by atoms with Crippen LogP contribution >= 0.6 is 0 Å². The topological polar surface area (TPSA) is 83.6 Å².